The summed E-state index contributed by atoms with van der Waals surface area (Å²) in [5, 5.41) is 9.44. The number of hydrogen-bond acceptors (Lipinski definition) is 2. The summed E-state index contributed by atoms with van der Waals surface area (Å²) in [5.74, 6) is 0.0806. The van der Waals surface area contributed by atoms with Crippen LogP contribution in [0, 0.1) is 13.1 Å². The number of nitrogens with zero attached hydrogens (tertiary/aromatic N) is 3. The lowest BCUT2D eigenvalue weighted by molar-refractivity contribution is 0.0687. The summed E-state index contributed by atoms with van der Waals surface area (Å²) in [6.45, 7) is 14.2. The molecular weight excluding hydrogens is 330 g/mol. The average Bonchev–Trinajstić information content (AvgIpc) is 2.99. The van der Waals surface area contributed by atoms with E-state index in [0.717, 1.165) is 0 Å². The van der Waals surface area contributed by atoms with Crippen LogP contribution in [-0.4, -0.2) is 15.6 Å². The molecule has 0 saturated heterocycles. The Morgan fingerprint density at radius 3 is 2.08 bits per heavy atom. The van der Waals surface area contributed by atoms with Crippen molar-refractivity contribution in [3.8, 4) is 22.6 Å². The molecule has 0 saturated carbocycles. The molecule has 0 aliphatic heterocycles. The molecule has 0 aliphatic rings. The second-order valence-corrected chi connectivity index (χ2v) is 5.50. The minimum Gasteiger partial charge on any atom is -0.477 e. The lowest BCUT2D eigenvalue weighted by atomic mass is 10.0. The van der Waals surface area contributed by atoms with Gasteiger partial charge in [0.05, 0.1) is 13.1 Å². The Morgan fingerprint density at radius 1 is 1.00 bits per heavy atom. The Labute approximate surface area is 150 Å². The highest BCUT2D eigenvalue weighted by Gasteiger charge is 2.21. The third-order valence-corrected chi connectivity index (χ3v) is 3.83. The van der Waals surface area contributed by atoms with Crippen molar-refractivity contribution < 1.29 is 14.6 Å². The van der Waals surface area contributed by atoms with Crippen LogP contribution in [0.2, 0.25) is 0 Å². The molecule has 0 atom stereocenters. The van der Waals surface area contributed by atoms with E-state index >= 15 is 0 Å². The van der Waals surface area contributed by atoms with Gasteiger partial charge >= 0.3 is 5.97 Å². The van der Waals surface area contributed by atoms with Gasteiger partial charge in [-0.2, -0.15) is 0 Å². The predicted octanol–water partition coefficient (Wildman–Crippen LogP) is 5.28. The third-order valence-electron chi connectivity index (χ3n) is 3.83. The number of rotatable bonds is 4. The van der Waals surface area contributed by atoms with E-state index in [1.54, 1.807) is 55.6 Å². The number of aromatic nitrogens is 1. The minimum atomic E-state index is -1.09. The molecule has 3 rings (SSSR count). The lowest BCUT2D eigenvalue weighted by Crippen LogP contribution is -2.05. The van der Waals surface area contributed by atoms with Gasteiger partial charge in [0, 0.05) is 18.8 Å². The van der Waals surface area contributed by atoms with E-state index in [-0.39, 0.29) is 11.4 Å². The van der Waals surface area contributed by atoms with Crippen LogP contribution in [0.4, 0.5) is 11.4 Å². The van der Waals surface area contributed by atoms with Crippen molar-refractivity contribution in [3.05, 3.63) is 83.3 Å². The van der Waals surface area contributed by atoms with E-state index in [4.69, 9.17) is 17.9 Å². The van der Waals surface area contributed by atoms with Crippen molar-refractivity contribution >= 4 is 17.3 Å². The molecule has 0 radical (unpaired) electrons. The number of ether oxygens (including phenoxy) is 1. The van der Waals surface area contributed by atoms with Crippen molar-refractivity contribution in [3.63, 3.8) is 0 Å². The predicted molar refractivity (Wildman–Crippen MR) is 96.8 cm³/mol. The Bertz CT molecular complexity index is 1050. The molecule has 1 N–H and O–H groups in total. The molecule has 0 unspecified atom stereocenters. The monoisotopic (exact) mass is 343 g/mol. The van der Waals surface area contributed by atoms with Crippen LogP contribution in [0.1, 0.15) is 10.5 Å². The normalized spacial score (nSPS) is 9.96. The second kappa shape index (κ2) is 6.84. The molecule has 0 amide bonds. The molecule has 0 spiro atoms. The molecular formula is C20H13N3O3. The number of benzene rings is 2. The highest BCUT2D eigenvalue weighted by molar-refractivity contribution is 5.99. The van der Waals surface area contributed by atoms with E-state index in [1.807, 2.05) is 0 Å². The Kier molecular flexibility index (Phi) is 4.42. The van der Waals surface area contributed by atoms with Crippen LogP contribution in [0.3, 0.4) is 0 Å². The molecule has 1 aromatic heterocycles. The van der Waals surface area contributed by atoms with Crippen molar-refractivity contribution in [1.29, 1.82) is 0 Å². The molecule has 26 heavy (non-hydrogen) atoms. The zero-order chi connectivity index (χ0) is 18.7. The maximum atomic E-state index is 11.5. The van der Waals surface area contributed by atoms with Gasteiger partial charge in [-0.1, -0.05) is 24.3 Å². The number of carboxylic acids is 1. The van der Waals surface area contributed by atoms with Gasteiger partial charge in [0.25, 0.3) is 0 Å². The molecule has 126 valence electrons. The van der Waals surface area contributed by atoms with Crippen LogP contribution in [0.25, 0.3) is 20.8 Å². The maximum Gasteiger partial charge on any atom is 0.351 e. The fraction of sp³-hybridized carbons (Fsp3) is 0.0500. The first-order valence-corrected chi connectivity index (χ1v) is 7.59. The highest BCUT2D eigenvalue weighted by Crippen LogP contribution is 2.36. The summed E-state index contributed by atoms with van der Waals surface area (Å²) in [4.78, 5) is 18.3. The quantitative estimate of drug-likeness (QED) is 0.655. The summed E-state index contributed by atoms with van der Waals surface area (Å²) < 4.78 is 7.16. The standard InChI is InChI=1S/C20H13N3O3/c1-21-14-6-10-16(11-7-14)26-15-8-4-13(5-9-15)18-17(22-2)12-23(3)19(18)20(24)25/h4-12H,3H3,(H,24,25). The van der Waals surface area contributed by atoms with Crippen molar-refractivity contribution in [2.24, 2.45) is 7.05 Å². The Morgan fingerprint density at radius 2 is 1.58 bits per heavy atom. The number of carbonyl (C=O) groups is 1. The summed E-state index contributed by atoms with van der Waals surface area (Å²) in [6, 6.07) is 13.6. The van der Waals surface area contributed by atoms with E-state index in [1.165, 1.54) is 10.8 Å². The molecule has 1 heterocycles. The maximum absolute atomic E-state index is 11.5. The first kappa shape index (κ1) is 16.8. The van der Waals surface area contributed by atoms with E-state index in [9.17, 15) is 9.90 Å². The molecule has 6 heteroatoms. The van der Waals surface area contributed by atoms with Gasteiger partial charge in [-0.05, 0) is 29.8 Å². The van der Waals surface area contributed by atoms with Crippen LogP contribution < -0.4 is 4.74 Å². The molecule has 0 aliphatic carbocycles. The van der Waals surface area contributed by atoms with E-state index in [0.29, 0.717) is 28.3 Å². The smallest absolute Gasteiger partial charge is 0.351 e. The number of aryl methyl sites for hydroxylation is 1. The molecule has 3 aromatic rings. The van der Waals surface area contributed by atoms with Gasteiger partial charge in [0.15, 0.2) is 5.69 Å². The fourth-order valence-corrected chi connectivity index (χ4v) is 2.65. The van der Waals surface area contributed by atoms with Gasteiger partial charge in [-0.15, -0.1) is 0 Å². The van der Waals surface area contributed by atoms with Crippen LogP contribution in [0.5, 0.6) is 11.5 Å². The van der Waals surface area contributed by atoms with Gasteiger partial charge in [0.2, 0.25) is 5.69 Å². The van der Waals surface area contributed by atoms with E-state index < -0.39 is 5.97 Å². The zero-order valence-electron chi connectivity index (χ0n) is 13.8. The summed E-state index contributed by atoms with van der Waals surface area (Å²) in [7, 11) is 1.60. The summed E-state index contributed by atoms with van der Waals surface area (Å²) in [6.07, 6.45) is 1.51. The zero-order valence-corrected chi connectivity index (χ0v) is 13.8. The Hall–Kier alpha value is -4.03. The van der Waals surface area contributed by atoms with Crippen LogP contribution >= 0.6 is 0 Å². The minimum absolute atomic E-state index is 0.0689. The van der Waals surface area contributed by atoms with E-state index in [2.05, 4.69) is 9.69 Å². The third kappa shape index (κ3) is 3.12. The summed E-state index contributed by atoms with van der Waals surface area (Å²) in [5.41, 5.74) is 1.91. The van der Waals surface area contributed by atoms with Crippen molar-refractivity contribution in [2.45, 2.75) is 0 Å². The van der Waals surface area contributed by atoms with Gasteiger partial charge in [-0.25, -0.2) is 14.5 Å². The second-order valence-electron chi connectivity index (χ2n) is 5.50. The van der Waals surface area contributed by atoms with Crippen LogP contribution in [-0.2, 0) is 7.05 Å². The lowest BCUT2D eigenvalue weighted by Gasteiger charge is -2.08. The first-order valence-electron chi connectivity index (χ1n) is 7.59. The van der Waals surface area contributed by atoms with Gasteiger partial charge in [-0.3, -0.25) is 0 Å². The topological polar surface area (TPSA) is 60.2 Å². The first-order chi connectivity index (χ1) is 12.5. The van der Waals surface area contributed by atoms with Crippen molar-refractivity contribution in [1.82, 2.24) is 4.57 Å². The molecule has 6 nitrogen and oxygen atoms in total. The van der Waals surface area contributed by atoms with Gasteiger partial charge in [0.1, 0.15) is 17.2 Å². The van der Waals surface area contributed by atoms with Gasteiger partial charge < -0.3 is 14.4 Å². The molecule has 0 fully saturated rings. The summed E-state index contributed by atoms with van der Waals surface area (Å²) >= 11 is 0. The number of carboxylic acid groups (broad SMARTS) is 1. The number of aromatic carboxylic acids is 1. The van der Waals surface area contributed by atoms with Crippen molar-refractivity contribution in [2.75, 3.05) is 0 Å². The average molecular weight is 343 g/mol. The fourth-order valence-electron chi connectivity index (χ4n) is 2.65. The number of hydrogen-bond donors (Lipinski definition) is 1. The van der Waals surface area contributed by atoms with Crippen LogP contribution in [0.15, 0.2) is 54.7 Å². The molecule has 2 aromatic carbocycles. The molecule has 0 bridgehead atoms. The Balaban J connectivity index is 1.92. The highest BCUT2D eigenvalue weighted by atomic mass is 16.5. The largest absolute Gasteiger partial charge is 0.477 e. The SMILES string of the molecule is [C-]#[N+]c1ccc(Oc2ccc(-c3c([N+]#[C-])cn(C)c3C(=O)O)cc2)cc1.